The van der Waals surface area contributed by atoms with Gasteiger partial charge in [0.15, 0.2) is 11.5 Å². The molecule has 0 unspecified atom stereocenters. The lowest BCUT2D eigenvalue weighted by Gasteiger charge is -2.08. The van der Waals surface area contributed by atoms with Crippen LogP contribution in [0.1, 0.15) is 39.8 Å². The summed E-state index contributed by atoms with van der Waals surface area (Å²) in [4.78, 5) is 32.2. The summed E-state index contributed by atoms with van der Waals surface area (Å²) in [6.07, 6.45) is 6.79. The van der Waals surface area contributed by atoms with Crippen LogP contribution in [0.2, 0.25) is 5.02 Å². The highest BCUT2D eigenvalue weighted by Crippen LogP contribution is 2.20. The predicted octanol–water partition coefficient (Wildman–Crippen LogP) is 2.35. The molecule has 2 heterocycles. The molecule has 0 aliphatic rings. The highest BCUT2D eigenvalue weighted by Gasteiger charge is 2.14. The second kappa shape index (κ2) is 9.16. The Bertz CT molecular complexity index is 1030. The number of hydrogen-bond acceptors (Lipinski definition) is 6. The van der Waals surface area contributed by atoms with Gasteiger partial charge in [-0.25, -0.2) is 9.97 Å². The lowest BCUT2D eigenvalue weighted by molar-refractivity contribution is 0.0952. The summed E-state index contributed by atoms with van der Waals surface area (Å²) in [5.41, 5.74) is 7.42. The molecule has 0 spiro atoms. The molecule has 0 saturated carbocycles. The number of hydrogen-bond donors (Lipinski definition) is 3. The van der Waals surface area contributed by atoms with Crippen molar-refractivity contribution in [1.82, 2.24) is 25.1 Å². The zero-order chi connectivity index (χ0) is 20.8. The van der Waals surface area contributed by atoms with Gasteiger partial charge in [0.1, 0.15) is 0 Å². The molecular formula is C19H20ClN7O2. The molecule has 2 amide bonds. The average molecular weight is 414 g/mol. The molecule has 2 aromatic heterocycles. The van der Waals surface area contributed by atoms with E-state index in [9.17, 15) is 9.59 Å². The van der Waals surface area contributed by atoms with Gasteiger partial charge in [-0.05, 0) is 30.2 Å². The van der Waals surface area contributed by atoms with Crippen LogP contribution in [0.4, 0.5) is 11.5 Å². The summed E-state index contributed by atoms with van der Waals surface area (Å²) in [7, 11) is 0. The van der Waals surface area contributed by atoms with E-state index in [-0.39, 0.29) is 17.4 Å². The van der Waals surface area contributed by atoms with Crippen molar-refractivity contribution in [3.05, 3.63) is 64.8 Å². The minimum absolute atomic E-state index is 0.0362. The first-order chi connectivity index (χ1) is 14.0. The topological polar surface area (TPSA) is 128 Å². The number of aromatic nitrogens is 4. The zero-order valence-electron chi connectivity index (χ0n) is 15.7. The molecule has 29 heavy (non-hydrogen) atoms. The minimum Gasteiger partial charge on any atom is -0.382 e. The Morgan fingerprint density at radius 3 is 2.76 bits per heavy atom. The third-order valence-corrected chi connectivity index (χ3v) is 4.38. The maximum Gasteiger partial charge on any atom is 0.278 e. The summed E-state index contributed by atoms with van der Waals surface area (Å²) in [5, 5.41) is 10.2. The summed E-state index contributed by atoms with van der Waals surface area (Å²) in [6.45, 7) is 2.92. The first kappa shape index (κ1) is 20.3. The van der Waals surface area contributed by atoms with Crippen LogP contribution in [0.3, 0.4) is 0 Å². The number of halogens is 1. The lowest BCUT2D eigenvalue weighted by Crippen LogP contribution is -2.24. The van der Waals surface area contributed by atoms with Gasteiger partial charge in [-0.1, -0.05) is 18.5 Å². The van der Waals surface area contributed by atoms with Gasteiger partial charge in [-0.2, -0.15) is 5.10 Å². The van der Waals surface area contributed by atoms with Crippen LogP contribution in [0, 0.1) is 0 Å². The number of nitrogens with two attached hydrogens (primary N) is 1. The normalized spacial score (nSPS) is 10.6. The molecule has 3 rings (SSSR count). The van der Waals surface area contributed by atoms with Gasteiger partial charge >= 0.3 is 0 Å². The number of carbonyl (C=O) groups excluding carboxylic acids is 2. The van der Waals surface area contributed by atoms with Crippen LogP contribution in [-0.4, -0.2) is 38.1 Å². The molecule has 4 N–H and O–H groups in total. The van der Waals surface area contributed by atoms with E-state index in [1.54, 1.807) is 29.1 Å². The molecule has 9 nitrogen and oxygen atoms in total. The second-order valence-electron chi connectivity index (χ2n) is 6.23. The van der Waals surface area contributed by atoms with E-state index in [1.807, 2.05) is 6.92 Å². The van der Waals surface area contributed by atoms with Gasteiger partial charge in [-0.15, -0.1) is 0 Å². The summed E-state index contributed by atoms with van der Waals surface area (Å²) >= 11 is 6.27. The van der Waals surface area contributed by atoms with Crippen LogP contribution < -0.4 is 16.4 Å². The number of anilines is 2. The largest absolute Gasteiger partial charge is 0.382 e. The second-order valence-corrected chi connectivity index (χ2v) is 6.64. The van der Waals surface area contributed by atoms with E-state index < -0.39 is 5.91 Å². The summed E-state index contributed by atoms with van der Waals surface area (Å²) in [5.74, 6) is -0.593. The van der Waals surface area contributed by atoms with Crippen molar-refractivity contribution >= 4 is 34.9 Å². The van der Waals surface area contributed by atoms with Crippen LogP contribution in [0.15, 0.2) is 43.0 Å². The zero-order valence-corrected chi connectivity index (χ0v) is 16.5. The Kier molecular flexibility index (Phi) is 6.40. The Morgan fingerprint density at radius 1 is 1.21 bits per heavy atom. The molecule has 0 radical (unpaired) electrons. The minimum atomic E-state index is -0.484. The van der Waals surface area contributed by atoms with Gasteiger partial charge in [0.25, 0.3) is 11.8 Å². The van der Waals surface area contributed by atoms with Crippen molar-refractivity contribution in [3.8, 4) is 0 Å². The number of nitrogens with one attached hydrogen (secondary N) is 2. The molecule has 150 valence electrons. The molecule has 0 bridgehead atoms. The predicted molar refractivity (Wildman–Crippen MR) is 110 cm³/mol. The molecule has 0 aliphatic carbocycles. The van der Waals surface area contributed by atoms with E-state index in [0.29, 0.717) is 29.4 Å². The van der Waals surface area contributed by atoms with Crippen molar-refractivity contribution in [2.75, 3.05) is 17.6 Å². The third kappa shape index (κ3) is 5.08. The lowest BCUT2D eigenvalue weighted by atomic mass is 10.1. The summed E-state index contributed by atoms with van der Waals surface area (Å²) < 4.78 is 1.60. The van der Waals surface area contributed by atoms with Crippen molar-refractivity contribution in [2.45, 2.75) is 19.9 Å². The van der Waals surface area contributed by atoms with Gasteiger partial charge < -0.3 is 16.4 Å². The third-order valence-electron chi connectivity index (χ3n) is 4.01. The van der Waals surface area contributed by atoms with Crippen molar-refractivity contribution in [1.29, 1.82) is 0 Å². The smallest absolute Gasteiger partial charge is 0.278 e. The van der Waals surface area contributed by atoms with Crippen LogP contribution in [-0.2, 0) is 6.54 Å². The van der Waals surface area contributed by atoms with E-state index in [2.05, 4.69) is 25.7 Å². The maximum absolute atomic E-state index is 12.3. The quantitative estimate of drug-likeness (QED) is 0.545. The van der Waals surface area contributed by atoms with E-state index >= 15 is 0 Å². The number of amides is 2. The first-order valence-electron chi connectivity index (χ1n) is 8.95. The van der Waals surface area contributed by atoms with Gasteiger partial charge in [0.2, 0.25) is 0 Å². The van der Waals surface area contributed by atoms with Crippen LogP contribution >= 0.6 is 11.6 Å². The molecule has 10 heteroatoms. The Balaban J connectivity index is 1.71. The number of rotatable bonds is 7. The SMILES string of the molecule is CCCNC(=O)c1ccc(Cl)c(Cn2cc(NC(=O)c3nccnc3N)cn2)c1. The van der Waals surface area contributed by atoms with Gasteiger partial charge in [0, 0.05) is 35.7 Å². The van der Waals surface area contributed by atoms with Gasteiger partial charge in [-0.3, -0.25) is 14.3 Å². The molecule has 0 atom stereocenters. The fourth-order valence-corrected chi connectivity index (χ4v) is 2.76. The number of benzene rings is 1. The van der Waals surface area contributed by atoms with Crippen molar-refractivity contribution in [2.24, 2.45) is 0 Å². The fourth-order valence-electron chi connectivity index (χ4n) is 2.58. The van der Waals surface area contributed by atoms with Crippen molar-refractivity contribution in [3.63, 3.8) is 0 Å². The van der Waals surface area contributed by atoms with Crippen molar-refractivity contribution < 1.29 is 9.59 Å². The fraction of sp³-hybridized carbons (Fsp3) is 0.211. The Hall–Kier alpha value is -3.46. The van der Waals surface area contributed by atoms with E-state index in [0.717, 1.165) is 12.0 Å². The molecule has 0 saturated heterocycles. The Morgan fingerprint density at radius 2 is 2.00 bits per heavy atom. The van der Waals surface area contributed by atoms with Gasteiger partial charge in [0.05, 0.1) is 18.4 Å². The molecule has 0 aliphatic heterocycles. The molecular weight excluding hydrogens is 394 g/mol. The highest BCUT2D eigenvalue weighted by atomic mass is 35.5. The molecule has 1 aromatic carbocycles. The molecule has 3 aromatic rings. The Labute approximate surface area is 172 Å². The van der Waals surface area contributed by atoms with E-state index in [4.69, 9.17) is 17.3 Å². The van der Waals surface area contributed by atoms with E-state index in [1.165, 1.54) is 18.6 Å². The maximum atomic E-state index is 12.3. The average Bonchev–Trinajstić information content (AvgIpc) is 3.14. The highest BCUT2D eigenvalue weighted by molar-refractivity contribution is 6.31. The standard InChI is InChI=1S/C19H20ClN7O2/c1-2-5-24-18(28)12-3-4-15(20)13(8-12)10-27-11-14(9-25-27)26-19(29)16-17(21)23-7-6-22-16/h3-4,6-9,11H,2,5,10H2,1H3,(H2,21,23)(H,24,28)(H,26,29). The van der Waals surface area contributed by atoms with Crippen LogP contribution in [0.5, 0.6) is 0 Å². The number of nitrogen functional groups attached to an aromatic ring is 1. The number of carbonyl (C=O) groups is 2. The monoisotopic (exact) mass is 413 g/mol. The number of nitrogens with zero attached hydrogens (tertiary/aromatic N) is 4. The van der Waals surface area contributed by atoms with Crippen LogP contribution in [0.25, 0.3) is 0 Å². The first-order valence-corrected chi connectivity index (χ1v) is 9.32. The molecule has 0 fully saturated rings. The summed E-state index contributed by atoms with van der Waals surface area (Å²) in [6, 6.07) is 5.09.